The molecule has 1 aromatic carbocycles. The molecule has 3 aromatic heterocycles. The highest BCUT2D eigenvalue weighted by atomic mass is 16.5. The van der Waals surface area contributed by atoms with Gasteiger partial charge in [-0.25, -0.2) is 4.98 Å². The lowest BCUT2D eigenvalue weighted by Gasteiger charge is -2.03. The Morgan fingerprint density at radius 2 is 2.04 bits per heavy atom. The lowest BCUT2D eigenvalue weighted by Crippen LogP contribution is -2.12. The summed E-state index contributed by atoms with van der Waals surface area (Å²) in [6.07, 6.45) is 6.25. The molecule has 1 amide bonds. The van der Waals surface area contributed by atoms with Crippen molar-refractivity contribution in [3.05, 3.63) is 61.0 Å². The van der Waals surface area contributed by atoms with Crippen LogP contribution in [0.4, 0.5) is 5.69 Å². The largest absolute Gasteiger partial charge is 0.328 e. The van der Waals surface area contributed by atoms with Gasteiger partial charge in [0.2, 0.25) is 5.82 Å². The fourth-order valence-electron chi connectivity index (χ4n) is 2.17. The van der Waals surface area contributed by atoms with Gasteiger partial charge in [0.05, 0.1) is 11.7 Å². The molecular formula is C16H10N6O2. The van der Waals surface area contributed by atoms with E-state index in [1.54, 1.807) is 12.3 Å². The number of pyridine rings is 1. The molecule has 1 N–H and O–H groups in total. The molecular weight excluding hydrogens is 308 g/mol. The Labute approximate surface area is 135 Å². The number of rotatable bonds is 3. The van der Waals surface area contributed by atoms with Crippen molar-refractivity contribution in [3.8, 4) is 11.5 Å². The summed E-state index contributed by atoms with van der Waals surface area (Å²) in [5.74, 6) is -0.446. The average molecular weight is 318 g/mol. The average Bonchev–Trinajstić information content (AvgIpc) is 3.13. The van der Waals surface area contributed by atoms with Crippen molar-refractivity contribution in [2.75, 3.05) is 5.32 Å². The van der Waals surface area contributed by atoms with E-state index < -0.39 is 5.91 Å². The smallest absolute Gasteiger partial charge is 0.316 e. The first kappa shape index (κ1) is 13.9. The molecule has 0 aliphatic carbocycles. The highest BCUT2D eigenvalue weighted by Gasteiger charge is 2.17. The molecule has 0 atom stereocenters. The van der Waals surface area contributed by atoms with Crippen LogP contribution in [-0.2, 0) is 0 Å². The number of carbonyl (C=O) groups is 1. The van der Waals surface area contributed by atoms with E-state index in [4.69, 9.17) is 4.52 Å². The summed E-state index contributed by atoms with van der Waals surface area (Å²) in [5.41, 5.74) is 1.88. The Hall–Kier alpha value is -3.68. The zero-order valence-corrected chi connectivity index (χ0v) is 12.2. The van der Waals surface area contributed by atoms with E-state index in [1.165, 1.54) is 18.6 Å². The summed E-state index contributed by atoms with van der Waals surface area (Å²) in [7, 11) is 0. The van der Waals surface area contributed by atoms with Gasteiger partial charge in [-0.3, -0.25) is 14.8 Å². The van der Waals surface area contributed by atoms with Crippen LogP contribution in [0.1, 0.15) is 10.7 Å². The molecule has 3 heterocycles. The van der Waals surface area contributed by atoms with Gasteiger partial charge >= 0.3 is 11.8 Å². The quantitative estimate of drug-likeness (QED) is 0.617. The van der Waals surface area contributed by atoms with E-state index in [1.807, 2.05) is 24.3 Å². The Kier molecular flexibility index (Phi) is 3.39. The third-order valence-corrected chi connectivity index (χ3v) is 3.27. The van der Waals surface area contributed by atoms with Gasteiger partial charge in [-0.15, -0.1) is 0 Å². The normalized spacial score (nSPS) is 10.7. The second kappa shape index (κ2) is 5.84. The lowest BCUT2D eigenvalue weighted by molar-refractivity contribution is 0.0981. The number of nitrogens with zero attached hydrogens (tertiary/aromatic N) is 5. The summed E-state index contributed by atoms with van der Waals surface area (Å²) < 4.78 is 4.99. The van der Waals surface area contributed by atoms with E-state index in [0.717, 1.165) is 10.9 Å². The molecule has 0 saturated heterocycles. The standard InChI is InChI=1S/C16H10N6O2/c23-15(16-21-14(22-24-16)13-9-17-6-7-19-13)20-11-3-4-12-10(8-11)2-1-5-18-12/h1-9H,(H,20,23). The minimum absolute atomic E-state index is 0.151. The number of hydrogen-bond acceptors (Lipinski definition) is 7. The van der Waals surface area contributed by atoms with Crippen LogP contribution in [0.2, 0.25) is 0 Å². The molecule has 24 heavy (non-hydrogen) atoms. The summed E-state index contributed by atoms with van der Waals surface area (Å²) in [4.78, 5) is 28.5. The molecule has 4 aromatic rings. The van der Waals surface area contributed by atoms with E-state index in [9.17, 15) is 4.79 Å². The first-order chi connectivity index (χ1) is 11.8. The first-order valence-corrected chi connectivity index (χ1v) is 7.06. The molecule has 4 rings (SSSR count). The van der Waals surface area contributed by atoms with Gasteiger partial charge in [0.15, 0.2) is 0 Å². The molecule has 0 bridgehead atoms. The van der Waals surface area contributed by atoms with Crippen molar-refractivity contribution in [2.45, 2.75) is 0 Å². The molecule has 0 spiro atoms. The Morgan fingerprint density at radius 1 is 1.08 bits per heavy atom. The molecule has 116 valence electrons. The number of aromatic nitrogens is 5. The molecule has 0 aliphatic rings. The number of carbonyl (C=O) groups excluding carboxylic acids is 1. The monoisotopic (exact) mass is 318 g/mol. The van der Waals surface area contributed by atoms with Crippen molar-refractivity contribution in [1.82, 2.24) is 25.1 Å². The van der Waals surface area contributed by atoms with Crippen LogP contribution < -0.4 is 5.32 Å². The number of nitrogens with one attached hydrogen (secondary N) is 1. The van der Waals surface area contributed by atoms with Crippen molar-refractivity contribution < 1.29 is 9.32 Å². The number of anilines is 1. The molecule has 8 nitrogen and oxygen atoms in total. The molecule has 0 radical (unpaired) electrons. The van der Waals surface area contributed by atoms with Crippen LogP contribution in [0, 0.1) is 0 Å². The van der Waals surface area contributed by atoms with E-state index in [0.29, 0.717) is 11.4 Å². The van der Waals surface area contributed by atoms with Gasteiger partial charge in [-0.2, -0.15) is 4.98 Å². The van der Waals surface area contributed by atoms with E-state index >= 15 is 0 Å². The van der Waals surface area contributed by atoms with Crippen LogP contribution in [0.25, 0.3) is 22.4 Å². The molecule has 0 fully saturated rings. The van der Waals surface area contributed by atoms with Crippen LogP contribution in [-0.4, -0.2) is 31.0 Å². The number of amides is 1. The summed E-state index contributed by atoms with van der Waals surface area (Å²) in [6, 6.07) is 9.15. The predicted octanol–water partition coefficient (Wildman–Crippen LogP) is 2.33. The minimum Gasteiger partial charge on any atom is -0.328 e. The van der Waals surface area contributed by atoms with Gasteiger partial charge in [0.25, 0.3) is 0 Å². The van der Waals surface area contributed by atoms with E-state index in [-0.39, 0.29) is 11.7 Å². The predicted molar refractivity (Wildman–Crippen MR) is 85.0 cm³/mol. The summed E-state index contributed by atoms with van der Waals surface area (Å²) in [6.45, 7) is 0. The second-order valence-corrected chi connectivity index (χ2v) is 4.88. The summed E-state index contributed by atoms with van der Waals surface area (Å²) >= 11 is 0. The third-order valence-electron chi connectivity index (χ3n) is 3.27. The number of hydrogen-bond donors (Lipinski definition) is 1. The SMILES string of the molecule is O=C(Nc1ccc2ncccc2c1)c1nc(-c2cnccn2)no1. The van der Waals surface area contributed by atoms with Crippen molar-refractivity contribution in [3.63, 3.8) is 0 Å². The van der Waals surface area contributed by atoms with Crippen LogP contribution >= 0.6 is 0 Å². The van der Waals surface area contributed by atoms with Crippen molar-refractivity contribution in [2.24, 2.45) is 0 Å². The summed E-state index contributed by atoms with van der Waals surface area (Å²) in [5, 5.41) is 7.37. The van der Waals surface area contributed by atoms with Crippen LogP contribution in [0.15, 0.2) is 59.6 Å². The van der Waals surface area contributed by atoms with Crippen LogP contribution in [0.5, 0.6) is 0 Å². The highest BCUT2D eigenvalue weighted by Crippen LogP contribution is 2.18. The third kappa shape index (κ3) is 2.68. The maximum absolute atomic E-state index is 12.2. The zero-order valence-electron chi connectivity index (χ0n) is 12.2. The van der Waals surface area contributed by atoms with Crippen LogP contribution in [0.3, 0.4) is 0 Å². The molecule has 0 saturated carbocycles. The molecule has 0 unspecified atom stereocenters. The van der Waals surface area contributed by atoms with Crippen molar-refractivity contribution in [1.29, 1.82) is 0 Å². The number of fused-ring (bicyclic) bond motifs is 1. The minimum atomic E-state index is -0.499. The fourth-order valence-corrected chi connectivity index (χ4v) is 2.17. The van der Waals surface area contributed by atoms with Gasteiger partial charge in [0.1, 0.15) is 5.69 Å². The van der Waals surface area contributed by atoms with Gasteiger partial charge < -0.3 is 9.84 Å². The lowest BCUT2D eigenvalue weighted by atomic mass is 10.2. The topological polar surface area (TPSA) is 107 Å². The molecule has 8 heteroatoms. The second-order valence-electron chi connectivity index (χ2n) is 4.88. The molecule has 0 aliphatic heterocycles. The number of benzene rings is 1. The Balaban J connectivity index is 1.56. The maximum Gasteiger partial charge on any atom is 0.316 e. The zero-order chi connectivity index (χ0) is 16.4. The fraction of sp³-hybridized carbons (Fsp3) is 0. The maximum atomic E-state index is 12.2. The van der Waals surface area contributed by atoms with Gasteiger partial charge in [-0.1, -0.05) is 11.2 Å². The van der Waals surface area contributed by atoms with Crippen molar-refractivity contribution >= 4 is 22.5 Å². The van der Waals surface area contributed by atoms with E-state index in [2.05, 4.69) is 30.4 Å². The Morgan fingerprint density at radius 3 is 2.92 bits per heavy atom. The van der Waals surface area contributed by atoms with Gasteiger partial charge in [-0.05, 0) is 24.3 Å². The van der Waals surface area contributed by atoms with Gasteiger partial charge in [0, 0.05) is 29.7 Å². The highest BCUT2D eigenvalue weighted by molar-refractivity contribution is 6.02. The Bertz CT molecular complexity index is 1020. The first-order valence-electron chi connectivity index (χ1n) is 7.06.